The molecule has 0 radical (unpaired) electrons. The maximum atomic E-state index is 12.0. The van der Waals surface area contributed by atoms with Gasteiger partial charge >= 0.3 is 0 Å². The number of nitrogens with one attached hydrogen (secondary N) is 1. The second-order valence-corrected chi connectivity index (χ2v) is 5.65. The minimum absolute atomic E-state index is 0.0895. The van der Waals surface area contributed by atoms with Crippen LogP contribution in [0.3, 0.4) is 0 Å². The summed E-state index contributed by atoms with van der Waals surface area (Å²) in [5.41, 5.74) is 3.62. The lowest BCUT2D eigenvalue weighted by atomic mass is 10.0. The normalized spacial score (nSPS) is 27.9. The van der Waals surface area contributed by atoms with E-state index in [-0.39, 0.29) is 11.8 Å². The van der Waals surface area contributed by atoms with Crippen molar-refractivity contribution < 1.29 is 9.53 Å². The van der Waals surface area contributed by atoms with Crippen LogP contribution < -0.4 is 10.2 Å². The van der Waals surface area contributed by atoms with Crippen LogP contribution >= 0.6 is 0 Å². The second kappa shape index (κ2) is 5.65. The van der Waals surface area contributed by atoms with Crippen molar-refractivity contribution in [3.63, 3.8) is 0 Å². The van der Waals surface area contributed by atoms with E-state index in [1.54, 1.807) is 13.3 Å². The highest BCUT2D eigenvalue weighted by atomic mass is 16.5. The van der Waals surface area contributed by atoms with Crippen LogP contribution in [-0.4, -0.2) is 19.2 Å². The van der Waals surface area contributed by atoms with E-state index in [4.69, 9.17) is 4.74 Å². The maximum Gasteiger partial charge on any atom is 0.243 e. The molecule has 2 aliphatic carbocycles. The lowest BCUT2D eigenvalue weighted by Gasteiger charge is -2.04. The molecule has 0 unspecified atom stereocenters. The number of nitrogens with zero attached hydrogens (tertiary/aromatic N) is 1. The summed E-state index contributed by atoms with van der Waals surface area (Å²) in [5.74, 6) is 2.37. The van der Waals surface area contributed by atoms with Gasteiger partial charge < -0.3 is 4.74 Å². The van der Waals surface area contributed by atoms with Crippen molar-refractivity contribution >= 4 is 12.1 Å². The van der Waals surface area contributed by atoms with E-state index < -0.39 is 0 Å². The van der Waals surface area contributed by atoms with E-state index in [1.165, 1.54) is 25.7 Å². The van der Waals surface area contributed by atoms with Gasteiger partial charge in [-0.1, -0.05) is 12.8 Å². The highest BCUT2D eigenvalue weighted by Crippen LogP contribution is 2.55. The molecule has 2 aliphatic rings. The molecule has 1 aromatic carbocycles. The number of methoxy groups -OCH3 is 1. The summed E-state index contributed by atoms with van der Waals surface area (Å²) < 4.78 is 5.09. The lowest BCUT2D eigenvalue weighted by Crippen LogP contribution is -2.20. The summed E-state index contributed by atoms with van der Waals surface area (Å²) >= 11 is 0. The molecule has 0 spiro atoms. The Balaban J connectivity index is 1.51. The summed E-state index contributed by atoms with van der Waals surface area (Å²) in [6.45, 7) is 0. The first-order valence-electron chi connectivity index (χ1n) is 7.26. The Morgan fingerprint density at radius 1 is 1.25 bits per heavy atom. The van der Waals surface area contributed by atoms with E-state index in [0.717, 1.165) is 11.3 Å². The molecule has 0 bridgehead atoms. The molecule has 2 atom stereocenters. The summed E-state index contributed by atoms with van der Waals surface area (Å²) in [6.07, 6.45) is 6.65. The van der Waals surface area contributed by atoms with Gasteiger partial charge in [0, 0.05) is 5.92 Å². The number of ether oxygens (including phenoxy) is 1. The van der Waals surface area contributed by atoms with Gasteiger partial charge in [-0.15, -0.1) is 0 Å². The van der Waals surface area contributed by atoms with Gasteiger partial charge in [0.2, 0.25) is 5.91 Å². The van der Waals surface area contributed by atoms with Gasteiger partial charge in [-0.25, -0.2) is 5.43 Å². The van der Waals surface area contributed by atoms with Crippen LogP contribution in [0.25, 0.3) is 0 Å². The van der Waals surface area contributed by atoms with Crippen molar-refractivity contribution in [1.29, 1.82) is 0 Å². The molecule has 106 valence electrons. The predicted molar refractivity (Wildman–Crippen MR) is 77.7 cm³/mol. The number of hydrazone groups is 1. The fourth-order valence-electron chi connectivity index (χ4n) is 3.32. The molecular formula is C16H20N2O2. The molecule has 4 heteroatoms. The molecule has 0 aromatic heterocycles. The quantitative estimate of drug-likeness (QED) is 0.676. The van der Waals surface area contributed by atoms with Crippen molar-refractivity contribution in [2.45, 2.75) is 25.7 Å². The number of benzene rings is 1. The Labute approximate surface area is 119 Å². The van der Waals surface area contributed by atoms with Crippen molar-refractivity contribution in [3.05, 3.63) is 29.8 Å². The van der Waals surface area contributed by atoms with Gasteiger partial charge in [-0.2, -0.15) is 5.10 Å². The number of amides is 1. The van der Waals surface area contributed by atoms with Crippen LogP contribution in [0.1, 0.15) is 31.2 Å². The van der Waals surface area contributed by atoms with Gasteiger partial charge in [-0.05, 0) is 54.5 Å². The van der Waals surface area contributed by atoms with Crippen LogP contribution in [-0.2, 0) is 4.79 Å². The maximum absolute atomic E-state index is 12.0. The van der Waals surface area contributed by atoms with Crippen LogP contribution in [0.5, 0.6) is 5.75 Å². The van der Waals surface area contributed by atoms with E-state index in [2.05, 4.69) is 10.5 Å². The molecule has 4 nitrogen and oxygen atoms in total. The lowest BCUT2D eigenvalue weighted by molar-refractivity contribution is -0.122. The summed E-state index contributed by atoms with van der Waals surface area (Å²) in [4.78, 5) is 12.0. The number of hydrogen-bond donors (Lipinski definition) is 1. The van der Waals surface area contributed by atoms with Crippen LogP contribution in [0.15, 0.2) is 29.4 Å². The Morgan fingerprint density at radius 3 is 2.50 bits per heavy atom. The minimum atomic E-state index is 0.0895. The Kier molecular flexibility index (Phi) is 3.72. The largest absolute Gasteiger partial charge is 0.497 e. The number of rotatable bonds is 4. The molecular weight excluding hydrogens is 252 g/mol. The molecule has 1 amide bonds. The Morgan fingerprint density at radius 2 is 1.90 bits per heavy atom. The van der Waals surface area contributed by atoms with E-state index in [1.807, 2.05) is 24.3 Å². The zero-order chi connectivity index (χ0) is 13.9. The third-order valence-corrected chi connectivity index (χ3v) is 4.46. The van der Waals surface area contributed by atoms with Crippen LogP contribution in [0.2, 0.25) is 0 Å². The van der Waals surface area contributed by atoms with Crippen molar-refractivity contribution in [3.8, 4) is 5.75 Å². The monoisotopic (exact) mass is 272 g/mol. The minimum Gasteiger partial charge on any atom is -0.497 e. The van der Waals surface area contributed by atoms with Crippen molar-refractivity contribution in [2.75, 3.05) is 7.11 Å². The number of hydrogen-bond acceptors (Lipinski definition) is 3. The smallest absolute Gasteiger partial charge is 0.243 e. The molecule has 1 N–H and O–H groups in total. The number of carbonyl (C=O) groups excluding carboxylic acids is 1. The number of fused-ring (bicyclic) bond motifs is 1. The van der Waals surface area contributed by atoms with E-state index >= 15 is 0 Å². The van der Waals surface area contributed by atoms with E-state index in [9.17, 15) is 4.79 Å². The standard InChI is InChI=1S/C16H20N2O2/c1-20-12-8-6-11(7-9-12)10-17-18-16(19)15-13-4-2-3-5-14(13)15/h6-10,13-15H,2-5H2,1H3,(H,18,19)/b17-10-/t13-,14-/m0/s1. The Hall–Kier alpha value is -1.84. The Bertz CT molecular complexity index is 498. The average Bonchev–Trinajstić information content (AvgIpc) is 3.22. The molecule has 0 heterocycles. The SMILES string of the molecule is COc1ccc(/C=N\NC(=O)C2[C@H]3CCCC[C@H]23)cc1. The van der Waals surface area contributed by atoms with Gasteiger partial charge in [0.15, 0.2) is 0 Å². The highest BCUT2D eigenvalue weighted by Gasteiger charge is 2.54. The molecule has 20 heavy (non-hydrogen) atoms. The second-order valence-electron chi connectivity index (χ2n) is 5.65. The first kappa shape index (κ1) is 13.2. The molecule has 2 saturated carbocycles. The van der Waals surface area contributed by atoms with Gasteiger partial charge in [0.05, 0.1) is 13.3 Å². The predicted octanol–water partition coefficient (Wildman–Crippen LogP) is 2.58. The topological polar surface area (TPSA) is 50.7 Å². The van der Waals surface area contributed by atoms with Crippen molar-refractivity contribution in [2.24, 2.45) is 22.9 Å². The third kappa shape index (κ3) is 2.69. The van der Waals surface area contributed by atoms with Gasteiger partial charge in [0.1, 0.15) is 5.75 Å². The fraction of sp³-hybridized carbons (Fsp3) is 0.500. The highest BCUT2D eigenvalue weighted by molar-refractivity contribution is 5.85. The fourth-order valence-corrected chi connectivity index (χ4v) is 3.32. The first-order chi connectivity index (χ1) is 9.79. The molecule has 1 aromatic rings. The van der Waals surface area contributed by atoms with Gasteiger partial charge in [-0.3, -0.25) is 4.79 Å². The molecule has 0 saturated heterocycles. The third-order valence-electron chi connectivity index (χ3n) is 4.46. The average molecular weight is 272 g/mol. The first-order valence-corrected chi connectivity index (χ1v) is 7.26. The number of carbonyl (C=O) groups is 1. The van der Waals surface area contributed by atoms with Crippen LogP contribution in [0, 0.1) is 17.8 Å². The zero-order valence-corrected chi connectivity index (χ0v) is 11.7. The summed E-state index contributed by atoms with van der Waals surface area (Å²) in [6, 6.07) is 7.56. The molecule has 2 fully saturated rings. The molecule has 3 rings (SSSR count). The summed E-state index contributed by atoms with van der Waals surface area (Å²) in [5, 5.41) is 4.05. The van der Waals surface area contributed by atoms with E-state index in [0.29, 0.717) is 11.8 Å². The van der Waals surface area contributed by atoms with Crippen molar-refractivity contribution in [1.82, 2.24) is 5.43 Å². The summed E-state index contributed by atoms with van der Waals surface area (Å²) in [7, 11) is 1.64. The zero-order valence-electron chi connectivity index (χ0n) is 11.7. The van der Waals surface area contributed by atoms with Gasteiger partial charge in [0.25, 0.3) is 0 Å². The van der Waals surface area contributed by atoms with Crippen LogP contribution in [0.4, 0.5) is 0 Å². The molecule has 0 aliphatic heterocycles.